The number of rotatable bonds is 6. The van der Waals surface area contributed by atoms with E-state index >= 15 is 0 Å². The monoisotopic (exact) mass is 346 g/mol. The van der Waals surface area contributed by atoms with Crippen molar-refractivity contribution in [3.8, 4) is 0 Å². The van der Waals surface area contributed by atoms with Crippen molar-refractivity contribution in [3.05, 3.63) is 33.8 Å². The molecule has 0 saturated carbocycles. The first-order chi connectivity index (χ1) is 10.5. The van der Waals surface area contributed by atoms with Crippen molar-refractivity contribution in [3.63, 3.8) is 0 Å². The van der Waals surface area contributed by atoms with Gasteiger partial charge < -0.3 is 14.7 Å². The van der Waals surface area contributed by atoms with Gasteiger partial charge in [0.05, 0.1) is 19.3 Å². The van der Waals surface area contributed by atoms with Crippen molar-refractivity contribution in [2.45, 2.75) is 6.10 Å². The number of benzene rings is 1. The molecule has 0 radical (unpaired) electrons. The minimum Gasteiger partial charge on any atom is -0.387 e. The van der Waals surface area contributed by atoms with E-state index in [2.05, 4.69) is 0 Å². The summed E-state index contributed by atoms with van der Waals surface area (Å²) in [5, 5.41) is 11.3. The van der Waals surface area contributed by atoms with Gasteiger partial charge in [0.15, 0.2) is 0 Å². The van der Waals surface area contributed by atoms with Gasteiger partial charge >= 0.3 is 0 Å². The molecule has 1 N–H and O–H groups in total. The second-order valence-corrected chi connectivity index (χ2v) is 6.13. The third kappa shape index (κ3) is 4.57. The number of carbonyl (C=O) groups excluding carboxylic acids is 1. The first-order valence-electron chi connectivity index (χ1n) is 7.13. The van der Waals surface area contributed by atoms with Crippen molar-refractivity contribution < 1.29 is 14.6 Å². The molecule has 1 aromatic rings. The Bertz CT molecular complexity index is 528. The van der Waals surface area contributed by atoms with Gasteiger partial charge in [-0.2, -0.15) is 0 Å². The zero-order chi connectivity index (χ0) is 16.1. The lowest BCUT2D eigenvalue weighted by Crippen LogP contribution is -2.51. The molecule has 1 amide bonds. The fraction of sp³-hybridized carbons (Fsp3) is 0.533. The minimum absolute atomic E-state index is 0.0534. The molecule has 7 heteroatoms. The summed E-state index contributed by atoms with van der Waals surface area (Å²) in [5.74, 6) is 0.0534. The predicted molar refractivity (Wildman–Crippen MR) is 86.3 cm³/mol. The van der Waals surface area contributed by atoms with Crippen LogP contribution in [-0.2, 0) is 9.53 Å². The summed E-state index contributed by atoms with van der Waals surface area (Å²) >= 11 is 12.0. The van der Waals surface area contributed by atoms with E-state index in [4.69, 9.17) is 27.9 Å². The van der Waals surface area contributed by atoms with Crippen LogP contribution in [0, 0.1) is 0 Å². The molecule has 0 spiro atoms. The maximum absolute atomic E-state index is 12.0. The summed E-state index contributed by atoms with van der Waals surface area (Å²) in [5.41, 5.74) is 0.625. The number of nitrogens with zero attached hydrogens (tertiary/aromatic N) is 2. The van der Waals surface area contributed by atoms with Gasteiger partial charge in [0, 0.05) is 48.9 Å². The Morgan fingerprint density at radius 1 is 1.36 bits per heavy atom. The normalized spacial score (nSPS) is 17.8. The van der Waals surface area contributed by atoms with Crippen LogP contribution in [0.15, 0.2) is 18.2 Å². The number of hydrogen-bond donors (Lipinski definition) is 1. The molecule has 0 bridgehead atoms. The first-order valence-corrected chi connectivity index (χ1v) is 7.89. The van der Waals surface area contributed by atoms with Crippen molar-refractivity contribution in [2.24, 2.45) is 0 Å². The molecule has 1 saturated heterocycles. The second-order valence-electron chi connectivity index (χ2n) is 5.29. The standard InChI is InChI=1S/C15H20Cl2N2O3/c1-22-7-6-19-5-4-18(10-15(19)21)9-14(20)12-3-2-11(16)8-13(12)17/h2-3,8,14,20H,4-7,9-10H2,1H3. The lowest BCUT2D eigenvalue weighted by Gasteiger charge is -2.35. The van der Waals surface area contributed by atoms with Crippen molar-refractivity contribution in [1.82, 2.24) is 9.80 Å². The van der Waals surface area contributed by atoms with Gasteiger partial charge in [0.25, 0.3) is 0 Å². The molecule has 1 aliphatic rings. The number of hydrogen-bond acceptors (Lipinski definition) is 4. The highest BCUT2D eigenvalue weighted by Crippen LogP contribution is 2.27. The van der Waals surface area contributed by atoms with Crippen molar-refractivity contribution in [2.75, 3.05) is 46.4 Å². The van der Waals surface area contributed by atoms with Crippen LogP contribution in [0.4, 0.5) is 0 Å². The van der Waals surface area contributed by atoms with Crippen LogP contribution in [0.2, 0.25) is 10.0 Å². The molecular formula is C15H20Cl2N2O3. The van der Waals surface area contributed by atoms with Crippen LogP contribution in [0.1, 0.15) is 11.7 Å². The van der Waals surface area contributed by atoms with Crippen molar-refractivity contribution in [1.29, 1.82) is 0 Å². The van der Waals surface area contributed by atoms with Crippen LogP contribution in [-0.4, -0.2) is 67.3 Å². The summed E-state index contributed by atoms with van der Waals surface area (Å²) in [6, 6.07) is 5.02. The Balaban J connectivity index is 1.90. The Kier molecular flexibility index (Phi) is 6.47. The molecule has 122 valence electrons. The van der Waals surface area contributed by atoms with Crippen LogP contribution in [0.25, 0.3) is 0 Å². The van der Waals surface area contributed by atoms with E-state index in [0.29, 0.717) is 48.4 Å². The summed E-state index contributed by atoms with van der Waals surface area (Å²) < 4.78 is 4.99. The summed E-state index contributed by atoms with van der Waals surface area (Å²) in [7, 11) is 1.62. The molecule has 1 fully saturated rings. The quantitative estimate of drug-likeness (QED) is 0.853. The Morgan fingerprint density at radius 3 is 2.77 bits per heavy atom. The average molecular weight is 347 g/mol. The van der Waals surface area contributed by atoms with E-state index in [-0.39, 0.29) is 5.91 Å². The van der Waals surface area contributed by atoms with Crippen LogP contribution in [0.3, 0.4) is 0 Å². The second kappa shape index (κ2) is 8.13. The lowest BCUT2D eigenvalue weighted by atomic mass is 10.1. The number of methoxy groups -OCH3 is 1. The molecule has 1 aromatic carbocycles. The molecule has 5 nitrogen and oxygen atoms in total. The van der Waals surface area contributed by atoms with E-state index in [1.165, 1.54) is 0 Å². The topological polar surface area (TPSA) is 53.0 Å². The summed E-state index contributed by atoms with van der Waals surface area (Å²) in [4.78, 5) is 15.8. The number of carbonyl (C=O) groups is 1. The Labute approximate surface area is 140 Å². The largest absolute Gasteiger partial charge is 0.387 e. The number of aliphatic hydroxyl groups excluding tert-OH is 1. The highest BCUT2D eigenvalue weighted by atomic mass is 35.5. The molecule has 22 heavy (non-hydrogen) atoms. The molecule has 1 unspecified atom stereocenters. The SMILES string of the molecule is COCCN1CCN(CC(O)c2ccc(Cl)cc2Cl)CC1=O. The third-order valence-corrected chi connectivity index (χ3v) is 4.28. The fourth-order valence-corrected chi connectivity index (χ4v) is 3.00. The number of aliphatic hydroxyl groups is 1. The van der Waals surface area contributed by atoms with E-state index < -0.39 is 6.10 Å². The zero-order valence-corrected chi connectivity index (χ0v) is 14.0. The van der Waals surface area contributed by atoms with E-state index in [1.807, 2.05) is 4.90 Å². The molecule has 1 atom stereocenters. The van der Waals surface area contributed by atoms with Crippen LogP contribution < -0.4 is 0 Å². The van der Waals surface area contributed by atoms with E-state index in [0.717, 1.165) is 6.54 Å². The maximum atomic E-state index is 12.0. The van der Waals surface area contributed by atoms with Gasteiger partial charge in [-0.15, -0.1) is 0 Å². The van der Waals surface area contributed by atoms with E-state index in [9.17, 15) is 9.90 Å². The molecule has 0 aromatic heterocycles. The molecule has 0 aliphatic carbocycles. The first kappa shape index (κ1) is 17.5. The molecule has 1 aliphatic heterocycles. The summed E-state index contributed by atoms with van der Waals surface area (Å²) in [6.45, 7) is 3.17. The van der Waals surface area contributed by atoms with Crippen LogP contribution >= 0.6 is 23.2 Å². The Morgan fingerprint density at radius 2 is 2.14 bits per heavy atom. The van der Waals surface area contributed by atoms with Gasteiger partial charge in [0.2, 0.25) is 5.91 Å². The lowest BCUT2D eigenvalue weighted by molar-refractivity contribution is -0.137. The number of β-amino-alcohol motifs (C(OH)–C–C–N with tert-alkyl or cyclic N) is 1. The fourth-order valence-electron chi connectivity index (χ4n) is 2.47. The number of ether oxygens (including phenoxy) is 1. The number of halogens is 2. The van der Waals surface area contributed by atoms with Crippen molar-refractivity contribution >= 4 is 29.1 Å². The maximum Gasteiger partial charge on any atom is 0.236 e. The highest BCUT2D eigenvalue weighted by molar-refractivity contribution is 6.35. The van der Waals surface area contributed by atoms with Gasteiger partial charge in [0.1, 0.15) is 0 Å². The third-order valence-electron chi connectivity index (χ3n) is 3.72. The van der Waals surface area contributed by atoms with Gasteiger partial charge in [-0.05, 0) is 12.1 Å². The molecular weight excluding hydrogens is 327 g/mol. The van der Waals surface area contributed by atoms with Gasteiger partial charge in [-0.3, -0.25) is 9.69 Å². The minimum atomic E-state index is -0.747. The van der Waals surface area contributed by atoms with Gasteiger partial charge in [-0.25, -0.2) is 0 Å². The smallest absolute Gasteiger partial charge is 0.236 e. The van der Waals surface area contributed by atoms with Crippen LogP contribution in [0.5, 0.6) is 0 Å². The zero-order valence-electron chi connectivity index (χ0n) is 12.5. The number of piperazine rings is 1. The highest BCUT2D eigenvalue weighted by Gasteiger charge is 2.25. The average Bonchev–Trinajstić information content (AvgIpc) is 2.46. The van der Waals surface area contributed by atoms with E-state index in [1.54, 1.807) is 30.2 Å². The number of amides is 1. The Hall–Kier alpha value is -0.850. The van der Waals surface area contributed by atoms with Gasteiger partial charge in [-0.1, -0.05) is 29.3 Å². The predicted octanol–water partition coefficient (Wildman–Crippen LogP) is 1.82. The molecule has 2 rings (SSSR count). The summed E-state index contributed by atoms with van der Waals surface area (Å²) in [6.07, 6.45) is -0.747. The molecule has 1 heterocycles.